The lowest BCUT2D eigenvalue weighted by molar-refractivity contribution is -0.154. The molecule has 0 aliphatic heterocycles. The summed E-state index contributed by atoms with van der Waals surface area (Å²) in [6.07, 6.45) is 32.8. The van der Waals surface area contributed by atoms with Gasteiger partial charge in [-0.05, 0) is 12.8 Å². The molecule has 37 heavy (non-hydrogen) atoms. The Labute approximate surface area is 232 Å². The van der Waals surface area contributed by atoms with Crippen LogP contribution in [0, 0.1) is 0 Å². The molecule has 0 spiro atoms. The van der Waals surface area contributed by atoms with Crippen molar-refractivity contribution in [1.82, 2.24) is 0 Å². The van der Waals surface area contributed by atoms with Crippen molar-refractivity contribution in [3.63, 3.8) is 0 Å². The molecule has 0 aromatic rings. The topological polar surface area (TPSA) is 55.8 Å². The van der Waals surface area contributed by atoms with Crippen molar-refractivity contribution in [1.29, 1.82) is 0 Å². The molecule has 0 rings (SSSR count). The first-order valence-corrected chi connectivity index (χ1v) is 16.6. The van der Waals surface area contributed by atoms with Gasteiger partial charge in [0.2, 0.25) is 0 Å². The van der Waals surface area contributed by atoms with E-state index in [-0.39, 0.29) is 12.6 Å². The van der Waals surface area contributed by atoms with Crippen LogP contribution >= 0.6 is 0 Å². The highest BCUT2D eigenvalue weighted by molar-refractivity contribution is 5.69. The molecule has 0 saturated carbocycles. The summed E-state index contributed by atoms with van der Waals surface area (Å²) in [5, 5.41) is 9.48. The monoisotopic (exact) mass is 526 g/mol. The van der Waals surface area contributed by atoms with Crippen LogP contribution in [0.25, 0.3) is 0 Å². The number of aliphatic hydroxyl groups excluding tert-OH is 1. The molecule has 0 saturated heterocycles. The van der Waals surface area contributed by atoms with Crippen LogP contribution in [-0.4, -0.2) is 37.0 Å². The van der Waals surface area contributed by atoms with Crippen LogP contribution in [0.2, 0.25) is 0 Å². The number of rotatable bonds is 31. The lowest BCUT2D eigenvalue weighted by Gasteiger charge is -2.16. The standard InChI is InChI=1S/C33H66O4/c1-3-5-7-9-11-13-14-15-16-17-18-19-20-21-22-24-26-28-33(35)37-32(30-34)31-36-29-27-25-23-12-10-8-6-4-2/h32,34H,3-31H2,1-2H3. The Bertz CT molecular complexity index is 440. The van der Waals surface area contributed by atoms with E-state index in [0.717, 1.165) is 19.3 Å². The molecule has 0 aromatic carbocycles. The van der Waals surface area contributed by atoms with Crippen LogP contribution in [0.3, 0.4) is 0 Å². The van der Waals surface area contributed by atoms with Gasteiger partial charge < -0.3 is 14.6 Å². The molecule has 0 heterocycles. The van der Waals surface area contributed by atoms with E-state index in [4.69, 9.17) is 9.47 Å². The van der Waals surface area contributed by atoms with Gasteiger partial charge in [-0.3, -0.25) is 4.79 Å². The van der Waals surface area contributed by atoms with Gasteiger partial charge in [-0.15, -0.1) is 0 Å². The molecule has 4 nitrogen and oxygen atoms in total. The Kier molecular flexibility index (Phi) is 31.1. The molecule has 1 atom stereocenters. The second kappa shape index (κ2) is 31.6. The lowest BCUT2D eigenvalue weighted by atomic mass is 10.0. The van der Waals surface area contributed by atoms with E-state index in [2.05, 4.69) is 13.8 Å². The Balaban J connectivity index is 3.37. The van der Waals surface area contributed by atoms with Crippen molar-refractivity contribution in [2.24, 2.45) is 0 Å². The molecular weight excluding hydrogens is 460 g/mol. The van der Waals surface area contributed by atoms with Crippen molar-refractivity contribution < 1.29 is 19.4 Å². The zero-order chi connectivity index (χ0) is 27.1. The highest BCUT2D eigenvalue weighted by Gasteiger charge is 2.13. The SMILES string of the molecule is CCCCCCCCCCCCCCCCCCCC(=O)OC(CO)COCCCCCCCCCC. The first-order valence-electron chi connectivity index (χ1n) is 16.6. The molecule has 0 aliphatic carbocycles. The summed E-state index contributed by atoms with van der Waals surface area (Å²) in [6, 6.07) is 0. The molecule has 4 heteroatoms. The van der Waals surface area contributed by atoms with Crippen LogP contribution in [0.4, 0.5) is 0 Å². The van der Waals surface area contributed by atoms with Crippen LogP contribution in [0.15, 0.2) is 0 Å². The maximum Gasteiger partial charge on any atom is 0.306 e. The smallest absolute Gasteiger partial charge is 0.306 e. The number of aliphatic hydroxyl groups is 1. The maximum absolute atomic E-state index is 12.1. The molecule has 0 bridgehead atoms. The molecule has 0 fully saturated rings. The third-order valence-corrected chi connectivity index (χ3v) is 7.43. The van der Waals surface area contributed by atoms with Gasteiger partial charge >= 0.3 is 5.97 Å². The van der Waals surface area contributed by atoms with E-state index in [1.807, 2.05) is 0 Å². The summed E-state index contributed by atoms with van der Waals surface area (Å²) in [6.45, 7) is 5.35. The zero-order valence-electron chi connectivity index (χ0n) is 25.3. The Hall–Kier alpha value is -0.610. The van der Waals surface area contributed by atoms with Gasteiger partial charge in [0.1, 0.15) is 6.10 Å². The normalized spacial score (nSPS) is 12.2. The van der Waals surface area contributed by atoms with Gasteiger partial charge in [0.25, 0.3) is 0 Å². The Morgan fingerprint density at radius 1 is 0.541 bits per heavy atom. The number of hydrogen-bond donors (Lipinski definition) is 1. The fraction of sp³-hybridized carbons (Fsp3) is 0.970. The van der Waals surface area contributed by atoms with Crippen molar-refractivity contribution >= 4 is 5.97 Å². The van der Waals surface area contributed by atoms with Crippen molar-refractivity contribution in [3.05, 3.63) is 0 Å². The second-order valence-electron chi connectivity index (χ2n) is 11.3. The van der Waals surface area contributed by atoms with Crippen LogP contribution in [0.5, 0.6) is 0 Å². The first-order chi connectivity index (χ1) is 18.2. The molecule has 0 aromatic heterocycles. The quantitative estimate of drug-likeness (QED) is 0.0721. The van der Waals surface area contributed by atoms with E-state index in [1.54, 1.807) is 0 Å². The minimum absolute atomic E-state index is 0.164. The summed E-state index contributed by atoms with van der Waals surface area (Å²) in [4.78, 5) is 12.1. The molecule has 0 amide bonds. The molecule has 0 aliphatic rings. The summed E-state index contributed by atoms with van der Waals surface area (Å²) in [5.41, 5.74) is 0. The number of hydrogen-bond acceptors (Lipinski definition) is 4. The lowest BCUT2D eigenvalue weighted by Crippen LogP contribution is -2.27. The van der Waals surface area contributed by atoms with Gasteiger partial charge in [0, 0.05) is 13.0 Å². The minimum atomic E-state index is -0.521. The number of carbonyl (C=O) groups excluding carboxylic acids is 1. The third kappa shape index (κ3) is 29.8. The average Bonchev–Trinajstić information content (AvgIpc) is 2.90. The van der Waals surface area contributed by atoms with Gasteiger partial charge in [0.05, 0.1) is 13.2 Å². The molecule has 1 N–H and O–H groups in total. The third-order valence-electron chi connectivity index (χ3n) is 7.43. The summed E-state index contributed by atoms with van der Waals surface area (Å²) >= 11 is 0. The Morgan fingerprint density at radius 2 is 0.892 bits per heavy atom. The number of carbonyl (C=O) groups is 1. The largest absolute Gasteiger partial charge is 0.457 e. The minimum Gasteiger partial charge on any atom is -0.457 e. The average molecular weight is 527 g/mol. The van der Waals surface area contributed by atoms with Crippen LogP contribution in [0.1, 0.15) is 181 Å². The molecule has 222 valence electrons. The van der Waals surface area contributed by atoms with E-state index >= 15 is 0 Å². The fourth-order valence-electron chi connectivity index (χ4n) is 4.92. The highest BCUT2D eigenvalue weighted by atomic mass is 16.6. The predicted molar refractivity (Wildman–Crippen MR) is 159 cm³/mol. The molecule has 1 unspecified atom stereocenters. The van der Waals surface area contributed by atoms with Crippen molar-refractivity contribution in [2.75, 3.05) is 19.8 Å². The van der Waals surface area contributed by atoms with E-state index in [9.17, 15) is 9.90 Å². The van der Waals surface area contributed by atoms with Crippen molar-refractivity contribution in [2.45, 2.75) is 187 Å². The van der Waals surface area contributed by atoms with E-state index < -0.39 is 6.10 Å². The Morgan fingerprint density at radius 3 is 1.27 bits per heavy atom. The number of esters is 1. The fourth-order valence-corrected chi connectivity index (χ4v) is 4.92. The van der Waals surface area contributed by atoms with Gasteiger partial charge in [0.15, 0.2) is 0 Å². The van der Waals surface area contributed by atoms with Gasteiger partial charge in [-0.2, -0.15) is 0 Å². The summed E-state index contributed by atoms with van der Waals surface area (Å²) in [5.74, 6) is -0.198. The first kappa shape index (κ1) is 36.4. The zero-order valence-corrected chi connectivity index (χ0v) is 25.3. The van der Waals surface area contributed by atoms with Gasteiger partial charge in [-0.1, -0.05) is 162 Å². The molecular formula is C33H66O4. The predicted octanol–water partition coefficient (Wildman–Crippen LogP) is 10.1. The van der Waals surface area contributed by atoms with Crippen LogP contribution < -0.4 is 0 Å². The second-order valence-corrected chi connectivity index (χ2v) is 11.3. The van der Waals surface area contributed by atoms with Gasteiger partial charge in [-0.25, -0.2) is 0 Å². The highest BCUT2D eigenvalue weighted by Crippen LogP contribution is 2.15. The van der Waals surface area contributed by atoms with Crippen molar-refractivity contribution in [3.8, 4) is 0 Å². The summed E-state index contributed by atoms with van der Waals surface area (Å²) in [7, 11) is 0. The van der Waals surface area contributed by atoms with E-state index in [1.165, 1.54) is 141 Å². The number of ether oxygens (including phenoxy) is 2. The summed E-state index contributed by atoms with van der Waals surface area (Å²) < 4.78 is 11.0. The maximum atomic E-state index is 12.1. The molecule has 0 radical (unpaired) electrons. The van der Waals surface area contributed by atoms with E-state index in [0.29, 0.717) is 19.6 Å². The van der Waals surface area contributed by atoms with Crippen LogP contribution in [-0.2, 0) is 14.3 Å². The number of unbranched alkanes of at least 4 members (excludes halogenated alkanes) is 23.